The number of nitrogens with zero attached hydrogens (tertiary/aromatic N) is 3. The van der Waals surface area contributed by atoms with Crippen molar-refractivity contribution in [3.05, 3.63) is 29.1 Å². The van der Waals surface area contributed by atoms with Gasteiger partial charge in [-0.15, -0.1) is 11.8 Å². The van der Waals surface area contributed by atoms with Crippen LogP contribution in [0.25, 0.3) is 10.2 Å². The topological polar surface area (TPSA) is 63.9 Å². The number of benzene rings is 1. The Labute approximate surface area is 180 Å². The average Bonchev–Trinajstić information content (AvgIpc) is 3.08. The van der Waals surface area contributed by atoms with Crippen LogP contribution >= 0.6 is 23.1 Å². The van der Waals surface area contributed by atoms with Gasteiger partial charge in [0.15, 0.2) is 4.80 Å². The maximum absolute atomic E-state index is 12.5. The van der Waals surface area contributed by atoms with E-state index in [1.54, 1.807) is 7.11 Å². The molecule has 0 radical (unpaired) electrons. The van der Waals surface area contributed by atoms with Crippen LogP contribution in [0, 0.1) is 0 Å². The first-order chi connectivity index (χ1) is 14.1. The second-order valence-electron chi connectivity index (χ2n) is 7.14. The van der Waals surface area contributed by atoms with Crippen LogP contribution in [0.3, 0.4) is 0 Å². The number of piperidine rings is 1. The lowest BCUT2D eigenvalue weighted by molar-refractivity contribution is -0.132. The van der Waals surface area contributed by atoms with Gasteiger partial charge in [0.05, 0.1) is 28.3 Å². The van der Waals surface area contributed by atoms with Crippen LogP contribution in [-0.2, 0) is 20.9 Å². The van der Waals surface area contributed by atoms with Gasteiger partial charge in [-0.3, -0.25) is 9.59 Å². The molecule has 1 atom stereocenters. The number of amides is 2. The zero-order chi connectivity index (χ0) is 20.6. The Kier molecular flexibility index (Phi) is 8.32. The zero-order valence-electron chi connectivity index (χ0n) is 17.1. The minimum atomic E-state index is -0.203. The quantitative estimate of drug-likeness (QED) is 0.638. The molecule has 1 aliphatic rings. The van der Waals surface area contributed by atoms with Crippen molar-refractivity contribution >= 4 is 45.1 Å². The van der Waals surface area contributed by atoms with Gasteiger partial charge in [-0.25, -0.2) is 0 Å². The van der Waals surface area contributed by atoms with Gasteiger partial charge in [0.25, 0.3) is 5.91 Å². The number of aromatic nitrogens is 1. The summed E-state index contributed by atoms with van der Waals surface area (Å²) in [6.45, 7) is 4.18. The summed E-state index contributed by atoms with van der Waals surface area (Å²) in [4.78, 5) is 32.0. The summed E-state index contributed by atoms with van der Waals surface area (Å²) >= 11 is 2.87. The molecule has 0 N–H and O–H groups in total. The highest BCUT2D eigenvalue weighted by atomic mass is 32.2. The molecule has 0 saturated carbocycles. The Morgan fingerprint density at radius 2 is 2.10 bits per heavy atom. The first-order valence-electron chi connectivity index (χ1n) is 10.2. The van der Waals surface area contributed by atoms with Crippen molar-refractivity contribution in [1.82, 2.24) is 9.47 Å². The highest BCUT2D eigenvalue weighted by Gasteiger charge is 2.25. The number of hydrogen-bond acceptors (Lipinski definition) is 5. The number of ether oxygens (including phenoxy) is 1. The number of carbonyl (C=O) groups excluding carboxylic acids is 2. The van der Waals surface area contributed by atoms with Crippen LogP contribution in [0.2, 0.25) is 0 Å². The van der Waals surface area contributed by atoms with Crippen LogP contribution < -0.4 is 4.80 Å². The molecule has 1 aromatic heterocycles. The molecule has 1 aliphatic heterocycles. The Morgan fingerprint density at radius 1 is 1.28 bits per heavy atom. The van der Waals surface area contributed by atoms with Gasteiger partial charge in [-0.05, 0) is 37.8 Å². The summed E-state index contributed by atoms with van der Waals surface area (Å²) in [7, 11) is 1.66. The Bertz CT molecular complexity index is 906. The van der Waals surface area contributed by atoms with E-state index in [4.69, 9.17) is 4.74 Å². The molecule has 0 bridgehead atoms. The Morgan fingerprint density at radius 3 is 2.90 bits per heavy atom. The number of carbonyl (C=O) groups is 2. The van der Waals surface area contributed by atoms with Crippen molar-refractivity contribution in [2.75, 3.05) is 31.8 Å². The lowest BCUT2D eigenvalue weighted by Crippen LogP contribution is -2.44. The molecule has 3 rings (SSSR count). The summed E-state index contributed by atoms with van der Waals surface area (Å²) < 4.78 is 8.32. The lowest BCUT2D eigenvalue weighted by atomic mass is 10.0. The van der Waals surface area contributed by atoms with Gasteiger partial charge in [0, 0.05) is 26.2 Å². The summed E-state index contributed by atoms with van der Waals surface area (Å²) in [6.07, 6.45) is 4.37. The molecule has 1 fully saturated rings. The van der Waals surface area contributed by atoms with Crippen molar-refractivity contribution < 1.29 is 14.3 Å². The van der Waals surface area contributed by atoms with E-state index in [-0.39, 0.29) is 17.6 Å². The Balaban J connectivity index is 1.62. The van der Waals surface area contributed by atoms with Crippen molar-refractivity contribution in [2.45, 2.75) is 45.2 Å². The molecule has 2 amide bonds. The van der Waals surface area contributed by atoms with Gasteiger partial charge in [-0.1, -0.05) is 30.4 Å². The minimum absolute atomic E-state index is 0.145. The molecule has 1 unspecified atom stereocenters. The van der Waals surface area contributed by atoms with Crippen LogP contribution in [0.15, 0.2) is 29.3 Å². The molecule has 8 heteroatoms. The molecular weight excluding hydrogens is 406 g/mol. The van der Waals surface area contributed by atoms with Gasteiger partial charge >= 0.3 is 0 Å². The first kappa shape index (κ1) is 22.1. The predicted molar refractivity (Wildman–Crippen MR) is 119 cm³/mol. The van der Waals surface area contributed by atoms with E-state index < -0.39 is 0 Å². The monoisotopic (exact) mass is 435 g/mol. The van der Waals surface area contributed by atoms with Crippen LogP contribution in [0.1, 0.15) is 32.6 Å². The molecule has 6 nitrogen and oxygen atoms in total. The number of rotatable bonds is 8. The molecule has 0 spiro atoms. The standard InChI is InChI=1S/C21H29N3O3S2/c1-3-16-8-6-7-11-23(16)20(26)15-28-14-19(25)22-21-24(12-13-27-2)17-9-4-5-10-18(17)29-21/h4-5,9-10,16H,3,6-8,11-15H2,1-2H3. The summed E-state index contributed by atoms with van der Waals surface area (Å²) in [5.74, 6) is 0.500. The average molecular weight is 436 g/mol. The van der Waals surface area contributed by atoms with Gasteiger partial charge < -0.3 is 14.2 Å². The highest BCUT2D eigenvalue weighted by molar-refractivity contribution is 8.00. The number of thiazole rings is 1. The maximum Gasteiger partial charge on any atom is 0.258 e. The predicted octanol–water partition coefficient (Wildman–Crippen LogP) is 3.30. The number of para-hydroxylation sites is 1. The SMILES string of the molecule is CCC1CCCCN1C(=O)CSCC(=O)N=c1sc2ccccc2n1CCOC. The maximum atomic E-state index is 12.5. The number of hydrogen-bond donors (Lipinski definition) is 0. The number of thioether (sulfide) groups is 1. The van der Waals surface area contributed by atoms with Crippen LogP contribution in [0.4, 0.5) is 0 Å². The molecule has 0 aliphatic carbocycles. The second kappa shape index (κ2) is 10.9. The van der Waals surface area contributed by atoms with E-state index in [1.165, 1.54) is 29.5 Å². The molecule has 1 saturated heterocycles. The second-order valence-corrected chi connectivity index (χ2v) is 9.13. The van der Waals surface area contributed by atoms with Gasteiger partial charge in [0.2, 0.25) is 5.91 Å². The van der Waals surface area contributed by atoms with E-state index in [2.05, 4.69) is 11.9 Å². The van der Waals surface area contributed by atoms with Crippen LogP contribution in [0.5, 0.6) is 0 Å². The smallest absolute Gasteiger partial charge is 0.258 e. The number of likely N-dealkylation sites (tertiary alicyclic amines) is 1. The minimum Gasteiger partial charge on any atom is -0.383 e. The summed E-state index contributed by atoms with van der Waals surface area (Å²) in [5.41, 5.74) is 1.06. The van der Waals surface area contributed by atoms with E-state index in [0.717, 1.165) is 36.0 Å². The normalized spacial score (nSPS) is 17.8. The fourth-order valence-electron chi connectivity index (χ4n) is 3.71. The van der Waals surface area contributed by atoms with E-state index in [9.17, 15) is 9.59 Å². The lowest BCUT2D eigenvalue weighted by Gasteiger charge is -2.35. The van der Waals surface area contributed by atoms with E-state index >= 15 is 0 Å². The highest BCUT2D eigenvalue weighted by Crippen LogP contribution is 2.21. The van der Waals surface area contributed by atoms with Crippen molar-refractivity contribution in [1.29, 1.82) is 0 Å². The molecular formula is C21H29N3O3S2. The fraction of sp³-hybridized carbons (Fsp3) is 0.571. The third-order valence-corrected chi connectivity index (χ3v) is 7.16. The van der Waals surface area contributed by atoms with E-state index in [1.807, 2.05) is 33.7 Å². The van der Waals surface area contributed by atoms with E-state index in [0.29, 0.717) is 29.7 Å². The molecule has 2 heterocycles. The zero-order valence-corrected chi connectivity index (χ0v) is 18.8. The van der Waals surface area contributed by atoms with Gasteiger partial charge in [-0.2, -0.15) is 4.99 Å². The third-order valence-electron chi connectivity index (χ3n) is 5.20. The fourth-order valence-corrected chi connectivity index (χ4v) is 5.46. The third kappa shape index (κ3) is 5.71. The van der Waals surface area contributed by atoms with Crippen molar-refractivity contribution in [3.8, 4) is 0 Å². The number of methoxy groups -OCH3 is 1. The van der Waals surface area contributed by atoms with Crippen molar-refractivity contribution in [3.63, 3.8) is 0 Å². The largest absolute Gasteiger partial charge is 0.383 e. The summed E-state index contributed by atoms with van der Waals surface area (Å²) in [6, 6.07) is 8.38. The Hall–Kier alpha value is -1.64. The molecule has 29 heavy (non-hydrogen) atoms. The first-order valence-corrected chi connectivity index (χ1v) is 12.1. The van der Waals surface area contributed by atoms with Crippen LogP contribution in [-0.4, -0.2) is 59.1 Å². The van der Waals surface area contributed by atoms with Gasteiger partial charge in [0.1, 0.15) is 0 Å². The molecule has 2 aromatic rings. The summed E-state index contributed by atoms with van der Waals surface area (Å²) in [5, 5.41) is 0. The van der Waals surface area contributed by atoms with Crippen molar-refractivity contribution in [2.24, 2.45) is 4.99 Å². The number of fused-ring (bicyclic) bond motifs is 1. The molecule has 1 aromatic carbocycles. The molecule has 158 valence electrons.